The van der Waals surface area contributed by atoms with Crippen LogP contribution in [0.2, 0.25) is 15.1 Å². The molecule has 15 heteroatoms. The largest absolute Gasteiger partial charge is 0.488 e. The monoisotopic (exact) mass is 544 g/mol. The van der Waals surface area contributed by atoms with E-state index in [9.17, 15) is 17.7 Å². The summed E-state index contributed by atoms with van der Waals surface area (Å²) in [4.78, 5) is 2.29. The van der Waals surface area contributed by atoms with Crippen LogP contribution in [0.15, 0.2) is 35.2 Å². The standard InChI is InChI=1S/C17H19Cl3N4O6S2/c1-23(8-11(25)9-30-17-12(18)3-2-4-13(17)19)24-7-10-5-14(20)15(21-31(26)27)6-16(10)32(28,29)22-24/h2-6,11,21-22,25H,7-9H2,1H3,(H,26,27). The van der Waals surface area contributed by atoms with Crippen molar-refractivity contribution in [3.63, 3.8) is 0 Å². The summed E-state index contributed by atoms with van der Waals surface area (Å²) in [6.45, 7) is -0.0296. The van der Waals surface area contributed by atoms with E-state index in [1.54, 1.807) is 25.2 Å². The Morgan fingerprint density at radius 1 is 1.28 bits per heavy atom. The quantitative estimate of drug-likeness (QED) is 0.372. The minimum absolute atomic E-state index is 0.00392. The van der Waals surface area contributed by atoms with Gasteiger partial charge in [-0.3, -0.25) is 9.27 Å². The molecule has 2 aromatic rings. The first-order valence-corrected chi connectivity index (χ1v) is 12.7. The second-order valence-corrected chi connectivity index (χ2v) is 10.4. The van der Waals surface area contributed by atoms with Crippen LogP contribution in [0.25, 0.3) is 0 Å². The Balaban J connectivity index is 1.69. The molecule has 0 fully saturated rings. The van der Waals surface area contributed by atoms with Crippen LogP contribution < -0.4 is 14.3 Å². The molecule has 0 aliphatic carbocycles. The topological polar surface area (TPSA) is 131 Å². The number of sulfonamides is 1. The lowest BCUT2D eigenvalue weighted by Crippen LogP contribution is -2.55. The number of rotatable bonds is 8. The molecule has 2 unspecified atom stereocenters. The summed E-state index contributed by atoms with van der Waals surface area (Å²) in [6.07, 6.45) is -1.01. The van der Waals surface area contributed by atoms with Crippen LogP contribution in [0.4, 0.5) is 5.69 Å². The van der Waals surface area contributed by atoms with Crippen LogP contribution in [-0.2, 0) is 27.8 Å². The highest BCUT2D eigenvalue weighted by molar-refractivity contribution is 7.89. The van der Waals surface area contributed by atoms with E-state index < -0.39 is 27.4 Å². The maximum Gasteiger partial charge on any atom is 0.259 e. The van der Waals surface area contributed by atoms with Crippen molar-refractivity contribution in [3.05, 3.63) is 51.0 Å². The fourth-order valence-corrected chi connectivity index (χ4v) is 5.44. The van der Waals surface area contributed by atoms with E-state index in [1.807, 2.05) is 0 Å². The molecule has 10 nitrogen and oxygen atoms in total. The van der Waals surface area contributed by atoms with Crippen LogP contribution in [0.5, 0.6) is 5.75 Å². The molecule has 0 amide bonds. The summed E-state index contributed by atoms with van der Waals surface area (Å²) < 4.78 is 53.1. The van der Waals surface area contributed by atoms with Crippen molar-refractivity contribution < 1.29 is 27.0 Å². The van der Waals surface area contributed by atoms with Crippen molar-refractivity contribution in [3.8, 4) is 5.75 Å². The van der Waals surface area contributed by atoms with Gasteiger partial charge < -0.3 is 9.84 Å². The SMILES string of the molecule is CN(CC(O)COc1c(Cl)cccc1Cl)N1Cc2cc(Cl)c(NS(=O)O)cc2S(=O)(=O)N1. The van der Waals surface area contributed by atoms with E-state index in [1.165, 1.54) is 22.3 Å². The minimum atomic E-state index is -4.01. The van der Waals surface area contributed by atoms with Crippen LogP contribution in [-0.4, -0.2) is 58.7 Å². The van der Waals surface area contributed by atoms with Gasteiger partial charge in [-0.05, 0) is 29.8 Å². The van der Waals surface area contributed by atoms with E-state index in [4.69, 9.17) is 44.1 Å². The number of aliphatic hydroxyl groups excluding tert-OH is 1. The van der Waals surface area contributed by atoms with Gasteiger partial charge in [-0.1, -0.05) is 40.9 Å². The Morgan fingerprint density at radius 2 is 1.94 bits per heavy atom. The molecule has 32 heavy (non-hydrogen) atoms. The number of nitrogens with one attached hydrogen (secondary N) is 2. The second-order valence-electron chi connectivity index (χ2n) is 6.80. The summed E-state index contributed by atoms with van der Waals surface area (Å²) >= 11 is 15.8. The zero-order valence-electron chi connectivity index (χ0n) is 16.5. The smallest absolute Gasteiger partial charge is 0.259 e. The highest BCUT2D eigenvalue weighted by atomic mass is 35.5. The number of benzene rings is 2. The average molecular weight is 546 g/mol. The van der Waals surface area contributed by atoms with Crippen LogP contribution >= 0.6 is 34.8 Å². The van der Waals surface area contributed by atoms with Gasteiger partial charge in [-0.15, -0.1) is 4.83 Å². The number of ether oxygens (including phenoxy) is 1. The van der Waals surface area contributed by atoms with Gasteiger partial charge in [0.05, 0.1) is 32.2 Å². The minimum Gasteiger partial charge on any atom is -0.488 e. The molecule has 0 radical (unpaired) electrons. The fraction of sp³-hybridized carbons (Fsp3) is 0.294. The summed E-state index contributed by atoms with van der Waals surface area (Å²) in [5.41, 5.74) is 0.368. The number of hydrogen-bond acceptors (Lipinski definition) is 7. The van der Waals surface area contributed by atoms with Gasteiger partial charge in [0.15, 0.2) is 5.75 Å². The van der Waals surface area contributed by atoms with Gasteiger partial charge in [-0.2, -0.15) is 5.12 Å². The van der Waals surface area contributed by atoms with Crippen LogP contribution in [0.3, 0.4) is 0 Å². The molecule has 0 bridgehead atoms. The zero-order chi connectivity index (χ0) is 23.6. The zero-order valence-corrected chi connectivity index (χ0v) is 20.4. The fourth-order valence-electron chi connectivity index (χ4n) is 2.97. The van der Waals surface area contributed by atoms with Gasteiger partial charge in [0.1, 0.15) is 12.7 Å². The van der Waals surface area contributed by atoms with Crippen LogP contribution in [0, 0.1) is 0 Å². The maximum absolute atomic E-state index is 12.7. The Morgan fingerprint density at radius 3 is 2.56 bits per heavy atom. The van der Waals surface area contributed by atoms with E-state index in [2.05, 4.69) is 9.55 Å². The molecule has 1 aliphatic rings. The molecular formula is C17H19Cl3N4O6S2. The first-order valence-electron chi connectivity index (χ1n) is 8.93. The highest BCUT2D eigenvalue weighted by Crippen LogP contribution is 2.33. The molecule has 0 saturated carbocycles. The van der Waals surface area contributed by atoms with Crippen molar-refractivity contribution in [2.24, 2.45) is 0 Å². The highest BCUT2D eigenvalue weighted by Gasteiger charge is 2.32. The summed E-state index contributed by atoms with van der Waals surface area (Å²) in [7, 11) is -2.43. The Hall–Kier alpha value is -1.19. The molecule has 0 spiro atoms. The molecule has 176 valence electrons. The van der Waals surface area contributed by atoms with Gasteiger partial charge in [0.2, 0.25) is 0 Å². The first-order chi connectivity index (χ1) is 15.0. The molecular weight excluding hydrogens is 527 g/mol. The van der Waals surface area contributed by atoms with Crippen molar-refractivity contribution in [2.45, 2.75) is 17.5 Å². The Kier molecular flexibility index (Phi) is 8.25. The Labute approximate surface area is 202 Å². The van der Waals surface area contributed by atoms with Crippen LogP contribution in [0.1, 0.15) is 5.56 Å². The van der Waals surface area contributed by atoms with Gasteiger partial charge in [0.25, 0.3) is 21.3 Å². The molecule has 1 heterocycles. The Bertz CT molecular complexity index is 1120. The second kappa shape index (κ2) is 10.4. The lowest BCUT2D eigenvalue weighted by Gasteiger charge is -2.36. The number of likely N-dealkylation sites (N-methyl/N-ethyl adjacent to an activating group) is 1. The summed E-state index contributed by atoms with van der Waals surface area (Å²) in [6, 6.07) is 7.44. The third-order valence-corrected chi connectivity index (χ3v) is 7.12. The van der Waals surface area contributed by atoms with Gasteiger partial charge in [-0.25, -0.2) is 17.6 Å². The normalized spacial score (nSPS) is 17.6. The van der Waals surface area contributed by atoms with Crippen molar-refractivity contribution in [1.29, 1.82) is 0 Å². The van der Waals surface area contributed by atoms with E-state index >= 15 is 0 Å². The third-order valence-electron chi connectivity index (χ3n) is 4.41. The number of hydrazine groups is 2. The molecule has 3 rings (SSSR count). The summed E-state index contributed by atoms with van der Waals surface area (Å²) in [5, 5.41) is 13.8. The predicted octanol–water partition coefficient (Wildman–Crippen LogP) is 2.49. The first kappa shape index (κ1) is 25.4. The number of hydrogen-bond donors (Lipinski definition) is 4. The average Bonchev–Trinajstić information content (AvgIpc) is 2.67. The van der Waals surface area contributed by atoms with Gasteiger partial charge >= 0.3 is 0 Å². The van der Waals surface area contributed by atoms with Crippen molar-refractivity contribution in [2.75, 3.05) is 24.9 Å². The number of anilines is 1. The van der Waals surface area contributed by atoms with Crippen molar-refractivity contribution in [1.82, 2.24) is 15.0 Å². The number of nitrogens with zero attached hydrogens (tertiary/aromatic N) is 2. The number of halogens is 3. The number of para-hydroxylation sites is 1. The van der Waals surface area contributed by atoms with Gasteiger partial charge in [0, 0.05) is 13.6 Å². The molecule has 0 saturated heterocycles. The number of aliphatic hydroxyl groups is 1. The molecule has 1 aliphatic heterocycles. The molecule has 2 atom stereocenters. The molecule has 2 aromatic carbocycles. The maximum atomic E-state index is 12.7. The van der Waals surface area contributed by atoms with E-state index in [-0.39, 0.29) is 41.1 Å². The number of fused-ring (bicyclic) bond motifs is 1. The lowest BCUT2D eigenvalue weighted by atomic mass is 10.2. The molecule has 0 aromatic heterocycles. The third kappa shape index (κ3) is 6.03. The van der Waals surface area contributed by atoms with Crippen molar-refractivity contribution >= 4 is 61.8 Å². The lowest BCUT2D eigenvalue weighted by molar-refractivity contribution is -0.0669. The van der Waals surface area contributed by atoms with E-state index in [0.29, 0.717) is 15.6 Å². The molecule has 4 N–H and O–H groups in total. The van der Waals surface area contributed by atoms with E-state index in [0.717, 1.165) is 0 Å². The predicted molar refractivity (Wildman–Crippen MR) is 122 cm³/mol. The summed E-state index contributed by atoms with van der Waals surface area (Å²) in [5.74, 6) is 0.244.